The van der Waals surface area contributed by atoms with E-state index < -0.39 is 9.84 Å². The molecule has 23 heavy (non-hydrogen) atoms. The Labute approximate surface area is 138 Å². The number of piperidine rings is 1. The first-order valence-corrected chi connectivity index (χ1v) is 10.1. The molecule has 0 bridgehead atoms. The summed E-state index contributed by atoms with van der Waals surface area (Å²) in [6, 6.07) is 6.83. The van der Waals surface area contributed by atoms with Crippen molar-refractivity contribution in [3.8, 4) is 0 Å². The van der Waals surface area contributed by atoms with Gasteiger partial charge >= 0.3 is 0 Å². The van der Waals surface area contributed by atoms with Crippen LogP contribution in [0.1, 0.15) is 37.7 Å². The number of hydrogen-bond acceptors (Lipinski definition) is 3. The van der Waals surface area contributed by atoms with Gasteiger partial charge in [-0.1, -0.05) is 23.3 Å². The van der Waals surface area contributed by atoms with Crippen molar-refractivity contribution in [2.24, 2.45) is 0 Å². The van der Waals surface area contributed by atoms with Crippen LogP contribution in [-0.2, 0) is 21.1 Å². The molecule has 5 heteroatoms. The SMILES string of the molecule is CS(=O)(=O)c1ccc(CCC(=O)N2CCC(=C3CC3)CC2)cc1. The average molecular weight is 333 g/mol. The molecule has 1 amide bonds. The van der Waals surface area contributed by atoms with Gasteiger partial charge in [-0.2, -0.15) is 0 Å². The Morgan fingerprint density at radius 1 is 1.00 bits per heavy atom. The molecule has 1 aliphatic carbocycles. The molecule has 1 aliphatic heterocycles. The minimum absolute atomic E-state index is 0.206. The molecule has 4 nitrogen and oxygen atoms in total. The first-order chi connectivity index (χ1) is 10.9. The molecule has 0 unspecified atom stereocenters. The summed E-state index contributed by atoms with van der Waals surface area (Å²) in [6.07, 6.45) is 6.98. The second kappa shape index (κ2) is 6.48. The van der Waals surface area contributed by atoms with Crippen molar-refractivity contribution in [1.29, 1.82) is 0 Å². The second-order valence-electron chi connectivity index (χ2n) is 6.50. The van der Waals surface area contributed by atoms with Gasteiger partial charge in [0.05, 0.1) is 4.90 Å². The van der Waals surface area contributed by atoms with Crippen LogP contribution in [-0.4, -0.2) is 38.6 Å². The first-order valence-electron chi connectivity index (χ1n) is 8.20. The number of carbonyl (C=O) groups excluding carboxylic acids is 1. The van der Waals surface area contributed by atoms with E-state index in [1.165, 1.54) is 19.1 Å². The van der Waals surface area contributed by atoms with Crippen LogP contribution in [0.2, 0.25) is 0 Å². The van der Waals surface area contributed by atoms with Gasteiger partial charge in [0, 0.05) is 25.8 Å². The van der Waals surface area contributed by atoms with Crippen LogP contribution in [0.25, 0.3) is 0 Å². The minimum atomic E-state index is -3.15. The maximum absolute atomic E-state index is 12.3. The van der Waals surface area contributed by atoms with Crippen molar-refractivity contribution in [3.63, 3.8) is 0 Å². The summed E-state index contributed by atoms with van der Waals surface area (Å²) in [5.74, 6) is 0.206. The van der Waals surface area contributed by atoms with E-state index in [9.17, 15) is 13.2 Å². The number of amides is 1. The van der Waals surface area contributed by atoms with E-state index >= 15 is 0 Å². The summed E-state index contributed by atoms with van der Waals surface area (Å²) in [5.41, 5.74) is 4.22. The average Bonchev–Trinajstić information content (AvgIpc) is 3.37. The number of aryl methyl sites for hydroxylation is 1. The Morgan fingerprint density at radius 3 is 2.09 bits per heavy atom. The van der Waals surface area contributed by atoms with Crippen LogP contribution in [0, 0.1) is 0 Å². The Balaban J connectivity index is 1.50. The zero-order valence-corrected chi connectivity index (χ0v) is 14.4. The van der Waals surface area contributed by atoms with Crippen LogP contribution in [0.5, 0.6) is 0 Å². The number of likely N-dealkylation sites (tertiary alicyclic amines) is 1. The molecule has 0 atom stereocenters. The largest absolute Gasteiger partial charge is 0.342 e. The van der Waals surface area contributed by atoms with Crippen molar-refractivity contribution >= 4 is 15.7 Å². The predicted octanol–water partition coefficient (Wildman–Crippen LogP) is 2.74. The van der Waals surface area contributed by atoms with E-state index in [4.69, 9.17) is 0 Å². The summed E-state index contributed by atoms with van der Waals surface area (Å²) in [6.45, 7) is 1.70. The van der Waals surface area contributed by atoms with E-state index in [-0.39, 0.29) is 5.91 Å². The highest BCUT2D eigenvalue weighted by atomic mass is 32.2. The standard InChI is InChI=1S/C18H23NO3S/c1-23(21,22)17-7-2-14(3-8-17)4-9-18(20)19-12-10-16(11-13-19)15-5-6-15/h2-3,7-8H,4-6,9-13H2,1H3. The van der Waals surface area contributed by atoms with E-state index in [2.05, 4.69) is 0 Å². The lowest BCUT2D eigenvalue weighted by Gasteiger charge is -2.28. The summed E-state index contributed by atoms with van der Waals surface area (Å²) >= 11 is 0. The molecule has 1 saturated carbocycles. The highest BCUT2D eigenvalue weighted by Gasteiger charge is 2.24. The zero-order chi connectivity index (χ0) is 16.4. The van der Waals surface area contributed by atoms with Gasteiger partial charge in [0.1, 0.15) is 0 Å². The van der Waals surface area contributed by atoms with Gasteiger partial charge < -0.3 is 4.90 Å². The molecule has 1 aromatic carbocycles. The molecule has 2 aliphatic rings. The van der Waals surface area contributed by atoms with Gasteiger partial charge in [-0.25, -0.2) is 8.42 Å². The lowest BCUT2D eigenvalue weighted by atomic mass is 10.0. The fourth-order valence-electron chi connectivity index (χ4n) is 3.11. The molecule has 3 rings (SSSR count). The van der Waals surface area contributed by atoms with Crippen molar-refractivity contribution in [1.82, 2.24) is 4.90 Å². The lowest BCUT2D eigenvalue weighted by molar-refractivity contribution is -0.131. The number of sulfone groups is 1. The van der Waals surface area contributed by atoms with Crippen LogP contribution >= 0.6 is 0 Å². The van der Waals surface area contributed by atoms with Gasteiger partial charge in [-0.3, -0.25) is 4.79 Å². The van der Waals surface area contributed by atoms with Gasteiger partial charge in [-0.05, 0) is 49.8 Å². The molecule has 1 heterocycles. The number of nitrogens with zero attached hydrogens (tertiary/aromatic N) is 1. The number of hydrogen-bond donors (Lipinski definition) is 0. The topological polar surface area (TPSA) is 54.5 Å². The third kappa shape index (κ3) is 4.22. The highest BCUT2D eigenvalue weighted by molar-refractivity contribution is 7.90. The van der Waals surface area contributed by atoms with Gasteiger partial charge in [-0.15, -0.1) is 0 Å². The third-order valence-corrected chi connectivity index (χ3v) is 5.83. The third-order valence-electron chi connectivity index (χ3n) is 4.70. The first kappa shape index (κ1) is 16.2. The number of benzene rings is 1. The summed E-state index contributed by atoms with van der Waals surface area (Å²) in [7, 11) is -3.15. The molecular weight excluding hydrogens is 310 g/mol. The Bertz CT molecular complexity index is 716. The van der Waals surface area contributed by atoms with Crippen molar-refractivity contribution in [2.45, 2.75) is 43.4 Å². The maximum Gasteiger partial charge on any atom is 0.222 e. The van der Waals surface area contributed by atoms with Crippen molar-refractivity contribution in [3.05, 3.63) is 41.0 Å². The molecular formula is C18H23NO3S. The normalized spacial score (nSPS) is 18.2. The number of carbonyl (C=O) groups is 1. The molecule has 0 aromatic heterocycles. The molecule has 124 valence electrons. The summed E-state index contributed by atoms with van der Waals surface area (Å²) in [5, 5.41) is 0. The van der Waals surface area contributed by atoms with Crippen molar-refractivity contribution < 1.29 is 13.2 Å². The molecule has 0 N–H and O–H groups in total. The maximum atomic E-state index is 12.3. The fraction of sp³-hybridized carbons (Fsp3) is 0.500. The number of allylic oxidation sites excluding steroid dienone is 1. The van der Waals surface area contributed by atoms with E-state index in [0.29, 0.717) is 17.7 Å². The highest BCUT2D eigenvalue weighted by Crippen LogP contribution is 2.36. The van der Waals surface area contributed by atoms with Crippen LogP contribution < -0.4 is 0 Å². The molecule has 1 saturated heterocycles. The quantitative estimate of drug-likeness (QED) is 0.796. The van der Waals surface area contributed by atoms with Crippen LogP contribution in [0.15, 0.2) is 40.3 Å². The van der Waals surface area contributed by atoms with E-state index in [0.717, 1.165) is 31.5 Å². The fourth-order valence-corrected chi connectivity index (χ4v) is 3.74. The Kier molecular flexibility index (Phi) is 4.57. The Hall–Kier alpha value is -1.62. The minimum Gasteiger partial charge on any atom is -0.342 e. The zero-order valence-electron chi connectivity index (χ0n) is 13.5. The molecule has 0 radical (unpaired) electrons. The predicted molar refractivity (Wildman–Crippen MR) is 89.9 cm³/mol. The van der Waals surface area contributed by atoms with Gasteiger partial charge in [0.25, 0.3) is 0 Å². The van der Waals surface area contributed by atoms with Crippen LogP contribution in [0.3, 0.4) is 0 Å². The second-order valence-corrected chi connectivity index (χ2v) is 8.52. The smallest absolute Gasteiger partial charge is 0.222 e. The van der Waals surface area contributed by atoms with E-state index in [1.807, 2.05) is 4.90 Å². The summed E-state index contributed by atoms with van der Waals surface area (Å²) in [4.78, 5) is 14.6. The van der Waals surface area contributed by atoms with Crippen molar-refractivity contribution in [2.75, 3.05) is 19.3 Å². The molecule has 2 fully saturated rings. The van der Waals surface area contributed by atoms with Gasteiger partial charge in [0.15, 0.2) is 9.84 Å². The molecule has 1 aromatic rings. The monoisotopic (exact) mass is 333 g/mol. The van der Waals surface area contributed by atoms with Gasteiger partial charge in [0.2, 0.25) is 5.91 Å². The summed E-state index contributed by atoms with van der Waals surface area (Å²) < 4.78 is 22.9. The van der Waals surface area contributed by atoms with E-state index in [1.54, 1.807) is 35.4 Å². The lowest BCUT2D eigenvalue weighted by Crippen LogP contribution is -2.36. The van der Waals surface area contributed by atoms with Crippen LogP contribution in [0.4, 0.5) is 0 Å². The Morgan fingerprint density at radius 2 is 1.57 bits per heavy atom. The molecule has 0 spiro atoms. The number of rotatable bonds is 4.